The molecule has 2 aromatic carbocycles. The number of halogens is 2. The first kappa shape index (κ1) is 16.6. The van der Waals surface area contributed by atoms with Gasteiger partial charge >= 0.3 is 0 Å². The number of methoxy groups -OCH3 is 1. The number of benzene rings is 2. The molecule has 2 N–H and O–H groups in total. The average molecular weight is 384 g/mol. The van der Waals surface area contributed by atoms with Gasteiger partial charge in [-0.15, -0.1) is 0 Å². The first-order valence-electron chi connectivity index (χ1n) is 6.63. The Bertz CT molecular complexity index is 692. The summed E-state index contributed by atoms with van der Waals surface area (Å²) in [6.07, 6.45) is 0. The van der Waals surface area contributed by atoms with Crippen molar-refractivity contribution in [2.75, 3.05) is 24.3 Å². The van der Waals surface area contributed by atoms with Gasteiger partial charge in [0.05, 0.1) is 19.3 Å². The van der Waals surface area contributed by atoms with E-state index in [4.69, 9.17) is 16.3 Å². The van der Waals surface area contributed by atoms with Crippen molar-refractivity contribution in [1.82, 2.24) is 0 Å². The smallest absolute Gasteiger partial charge is 0.243 e. The number of anilines is 2. The Hall–Kier alpha value is -1.72. The zero-order chi connectivity index (χ0) is 16.1. The number of rotatable bonds is 5. The van der Waals surface area contributed by atoms with Crippen LogP contribution in [0.4, 0.5) is 11.4 Å². The number of carbonyl (C=O) groups is 1. The van der Waals surface area contributed by atoms with Gasteiger partial charge in [-0.2, -0.15) is 0 Å². The van der Waals surface area contributed by atoms with E-state index in [0.717, 1.165) is 15.7 Å². The van der Waals surface area contributed by atoms with Crippen LogP contribution in [0.25, 0.3) is 0 Å². The maximum absolute atomic E-state index is 12.0. The van der Waals surface area contributed by atoms with Crippen LogP contribution in [0.3, 0.4) is 0 Å². The summed E-state index contributed by atoms with van der Waals surface area (Å²) in [6, 6.07) is 10.9. The van der Waals surface area contributed by atoms with Gasteiger partial charge in [-0.05, 0) is 42.8 Å². The standard InChI is InChI=1S/C16H16BrClN2O2/c1-10-3-5-12(8-13(10)17)20-16(21)9-19-14-7-11(18)4-6-15(14)22-2/h3-8,19H,9H2,1-2H3,(H,20,21). The largest absolute Gasteiger partial charge is 0.495 e. The Labute approximate surface area is 142 Å². The lowest BCUT2D eigenvalue weighted by molar-refractivity contribution is -0.114. The molecule has 0 unspecified atom stereocenters. The van der Waals surface area contributed by atoms with Gasteiger partial charge in [0.1, 0.15) is 5.75 Å². The summed E-state index contributed by atoms with van der Waals surface area (Å²) in [7, 11) is 1.57. The molecular formula is C16H16BrClN2O2. The van der Waals surface area contributed by atoms with Crippen molar-refractivity contribution in [2.45, 2.75) is 6.92 Å². The molecule has 116 valence electrons. The molecule has 0 aliphatic rings. The molecule has 0 fully saturated rings. The number of hydrogen-bond donors (Lipinski definition) is 2. The number of ether oxygens (including phenoxy) is 1. The highest BCUT2D eigenvalue weighted by atomic mass is 79.9. The molecule has 0 saturated carbocycles. The van der Waals surface area contributed by atoms with Crippen LogP contribution in [0.2, 0.25) is 5.02 Å². The van der Waals surface area contributed by atoms with Gasteiger partial charge in [0.2, 0.25) is 5.91 Å². The fourth-order valence-electron chi connectivity index (χ4n) is 1.87. The Morgan fingerprint density at radius 1 is 1.27 bits per heavy atom. The van der Waals surface area contributed by atoms with Crippen molar-refractivity contribution >= 4 is 44.8 Å². The Morgan fingerprint density at radius 2 is 2.05 bits per heavy atom. The molecule has 0 aliphatic heterocycles. The minimum atomic E-state index is -0.155. The second-order valence-electron chi connectivity index (χ2n) is 4.71. The van der Waals surface area contributed by atoms with E-state index >= 15 is 0 Å². The van der Waals surface area contributed by atoms with Crippen molar-refractivity contribution < 1.29 is 9.53 Å². The highest BCUT2D eigenvalue weighted by molar-refractivity contribution is 9.10. The van der Waals surface area contributed by atoms with Gasteiger partial charge in [0.15, 0.2) is 0 Å². The molecule has 2 aromatic rings. The quantitative estimate of drug-likeness (QED) is 0.801. The van der Waals surface area contributed by atoms with Crippen LogP contribution in [-0.2, 0) is 4.79 Å². The molecular weight excluding hydrogens is 368 g/mol. The van der Waals surface area contributed by atoms with E-state index in [1.807, 2.05) is 25.1 Å². The summed E-state index contributed by atoms with van der Waals surface area (Å²) < 4.78 is 6.17. The zero-order valence-electron chi connectivity index (χ0n) is 12.2. The molecule has 0 radical (unpaired) electrons. The second-order valence-corrected chi connectivity index (χ2v) is 6.00. The lowest BCUT2D eigenvalue weighted by Gasteiger charge is -2.12. The molecule has 0 bridgehead atoms. The van der Waals surface area contributed by atoms with Crippen molar-refractivity contribution in [3.05, 3.63) is 51.5 Å². The van der Waals surface area contributed by atoms with E-state index in [1.54, 1.807) is 25.3 Å². The molecule has 0 aliphatic carbocycles. The summed E-state index contributed by atoms with van der Waals surface area (Å²) in [5.74, 6) is 0.480. The van der Waals surface area contributed by atoms with Crippen molar-refractivity contribution in [2.24, 2.45) is 0 Å². The van der Waals surface area contributed by atoms with E-state index in [1.165, 1.54) is 0 Å². The maximum Gasteiger partial charge on any atom is 0.243 e. The minimum absolute atomic E-state index is 0.113. The lowest BCUT2D eigenvalue weighted by Crippen LogP contribution is -2.22. The molecule has 0 atom stereocenters. The Kier molecular flexibility index (Phi) is 5.69. The number of carbonyl (C=O) groups excluding carboxylic acids is 1. The van der Waals surface area contributed by atoms with Gasteiger partial charge in [-0.3, -0.25) is 4.79 Å². The summed E-state index contributed by atoms with van der Waals surface area (Å²) in [6.45, 7) is 2.10. The van der Waals surface area contributed by atoms with Crippen molar-refractivity contribution in [3.63, 3.8) is 0 Å². The molecule has 1 amide bonds. The van der Waals surface area contributed by atoms with Crippen LogP contribution in [0, 0.1) is 6.92 Å². The first-order chi connectivity index (χ1) is 10.5. The topological polar surface area (TPSA) is 50.4 Å². The molecule has 6 heteroatoms. The number of amides is 1. The monoisotopic (exact) mass is 382 g/mol. The predicted molar refractivity (Wildman–Crippen MR) is 94.0 cm³/mol. The molecule has 0 saturated heterocycles. The summed E-state index contributed by atoms with van der Waals surface area (Å²) in [4.78, 5) is 12.0. The molecule has 2 rings (SSSR count). The van der Waals surface area contributed by atoms with Crippen LogP contribution in [0.5, 0.6) is 5.75 Å². The number of hydrogen-bond acceptors (Lipinski definition) is 3. The van der Waals surface area contributed by atoms with Crippen LogP contribution in [0.15, 0.2) is 40.9 Å². The average Bonchev–Trinajstić information content (AvgIpc) is 2.49. The van der Waals surface area contributed by atoms with Crippen LogP contribution >= 0.6 is 27.5 Å². The Morgan fingerprint density at radius 3 is 2.73 bits per heavy atom. The second kappa shape index (κ2) is 7.51. The van der Waals surface area contributed by atoms with Crippen LogP contribution < -0.4 is 15.4 Å². The molecule has 0 heterocycles. The lowest BCUT2D eigenvalue weighted by atomic mass is 10.2. The van der Waals surface area contributed by atoms with E-state index in [9.17, 15) is 4.79 Å². The van der Waals surface area contributed by atoms with Gasteiger partial charge in [0, 0.05) is 15.2 Å². The highest BCUT2D eigenvalue weighted by Crippen LogP contribution is 2.27. The van der Waals surface area contributed by atoms with E-state index in [-0.39, 0.29) is 12.5 Å². The molecule has 22 heavy (non-hydrogen) atoms. The molecule has 0 spiro atoms. The third kappa shape index (κ3) is 4.39. The Balaban J connectivity index is 1.98. The molecule has 0 aromatic heterocycles. The van der Waals surface area contributed by atoms with Crippen LogP contribution in [-0.4, -0.2) is 19.6 Å². The van der Waals surface area contributed by atoms with Gasteiger partial charge < -0.3 is 15.4 Å². The number of aryl methyl sites for hydroxylation is 1. The SMILES string of the molecule is COc1ccc(Cl)cc1NCC(=O)Nc1ccc(C)c(Br)c1. The summed E-state index contributed by atoms with van der Waals surface area (Å²) in [5.41, 5.74) is 2.53. The fourth-order valence-corrected chi connectivity index (χ4v) is 2.42. The third-order valence-electron chi connectivity index (χ3n) is 3.06. The number of nitrogens with one attached hydrogen (secondary N) is 2. The van der Waals surface area contributed by atoms with E-state index < -0.39 is 0 Å². The first-order valence-corrected chi connectivity index (χ1v) is 7.80. The van der Waals surface area contributed by atoms with Gasteiger partial charge in [-0.25, -0.2) is 0 Å². The van der Waals surface area contributed by atoms with Crippen molar-refractivity contribution in [1.29, 1.82) is 0 Å². The van der Waals surface area contributed by atoms with Crippen LogP contribution in [0.1, 0.15) is 5.56 Å². The minimum Gasteiger partial charge on any atom is -0.495 e. The highest BCUT2D eigenvalue weighted by Gasteiger charge is 2.07. The van der Waals surface area contributed by atoms with Gasteiger partial charge in [0.25, 0.3) is 0 Å². The maximum atomic E-state index is 12.0. The molecule has 4 nitrogen and oxygen atoms in total. The van der Waals surface area contributed by atoms with Crippen molar-refractivity contribution in [3.8, 4) is 5.75 Å². The normalized spacial score (nSPS) is 10.2. The predicted octanol–water partition coefficient (Wildman–Crippen LogP) is 4.47. The third-order valence-corrected chi connectivity index (χ3v) is 4.15. The zero-order valence-corrected chi connectivity index (χ0v) is 14.6. The fraction of sp³-hybridized carbons (Fsp3) is 0.188. The summed E-state index contributed by atoms with van der Waals surface area (Å²) in [5, 5.41) is 6.42. The van der Waals surface area contributed by atoms with Gasteiger partial charge in [-0.1, -0.05) is 33.6 Å². The van der Waals surface area contributed by atoms with E-state index in [0.29, 0.717) is 16.5 Å². The summed E-state index contributed by atoms with van der Waals surface area (Å²) >= 11 is 9.39. The van der Waals surface area contributed by atoms with E-state index in [2.05, 4.69) is 26.6 Å².